The molecular formula is C21H19F2N5O4S. The van der Waals surface area contributed by atoms with Crippen molar-refractivity contribution in [2.24, 2.45) is 0 Å². The van der Waals surface area contributed by atoms with E-state index in [1.54, 1.807) is 7.05 Å². The van der Waals surface area contributed by atoms with Gasteiger partial charge < -0.3 is 13.9 Å². The number of ether oxygens (including phenoxy) is 2. The molecule has 0 radical (unpaired) electrons. The highest BCUT2D eigenvalue weighted by molar-refractivity contribution is 7.98. The third-order valence-electron chi connectivity index (χ3n) is 5.77. The summed E-state index contributed by atoms with van der Waals surface area (Å²) in [5, 5.41) is 0. The van der Waals surface area contributed by atoms with Gasteiger partial charge in [-0.2, -0.15) is 4.98 Å². The second kappa shape index (κ2) is 8.52. The van der Waals surface area contributed by atoms with Crippen molar-refractivity contribution in [3.05, 3.63) is 59.6 Å². The van der Waals surface area contributed by atoms with Crippen LogP contribution in [0.15, 0.2) is 41.3 Å². The minimum absolute atomic E-state index is 0.0276. The van der Waals surface area contributed by atoms with Gasteiger partial charge in [0.1, 0.15) is 23.6 Å². The monoisotopic (exact) mass is 475 g/mol. The Morgan fingerprint density at radius 2 is 2.12 bits per heavy atom. The molecule has 1 amide bonds. The van der Waals surface area contributed by atoms with Gasteiger partial charge in [-0.1, -0.05) is 0 Å². The number of amides is 1. The molecule has 0 atom stereocenters. The molecule has 2 aliphatic rings. The molecule has 3 heterocycles. The molecule has 0 bridgehead atoms. The number of hydrogen-bond acceptors (Lipinski definition) is 9. The zero-order valence-electron chi connectivity index (χ0n) is 17.4. The van der Waals surface area contributed by atoms with Crippen LogP contribution < -0.4 is 18.9 Å². The van der Waals surface area contributed by atoms with Crippen molar-refractivity contribution in [3.8, 4) is 17.6 Å². The number of benzene rings is 1. The van der Waals surface area contributed by atoms with Gasteiger partial charge in [-0.05, 0) is 32.4 Å². The van der Waals surface area contributed by atoms with Crippen molar-refractivity contribution in [2.75, 3.05) is 11.8 Å². The van der Waals surface area contributed by atoms with Gasteiger partial charge in [0.15, 0.2) is 11.6 Å². The summed E-state index contributed by atoms with van der Waals surface area (Å²) in [4.78, 5) is 22.2. The third-order valence-corrected chi connectivity index (χ3v) is 6.27. The minimum Gasteiger partial charge on any atom is -0.417 e. The van der Waals surface area contributed by atoms with Crippen molar-refractivity contribution in [2.45, 2.75) is 31.3 Å². The van der Waals surface area contributed by atoms with Gasteiger partial charge in [0.2, 0.25) is 0 Å². The lowest BCUT2D eigenvalue weighted by Gasteiger charge is -2.52. The van der Waals surface area contributed by atoms with E-state index >= 15 is 8.78 Å². The summed E-state index contributed by atoms with van der Waals surface area (Å²) in [6, 6.07) is 4.12. The van der Waals surface area contributed by atoms with Gasteiger partial charge in [-0.25, -0.2) is 23.3 Å². The van der Waals surface area contributed by atoms with Crippen LogP contribution in [-0.4, -0.2) is 28.0 Å². The van der Waals surface area contributed by atoms with Crippen LogP contribution >= 0.6 is 12.1 Å². The van der Waals surface area contributed by atoms with Crippen LogP contribution in [-0.2, 0) is 12.1 Å². The standard InChI is InChI=1S/C21H19F2N5O4S/c1-24-33-27-18-17(23)12(3-6-25-18)11-28-20(29)32-15-10-13(31-19-26-7-8-30-19)9-14(22)16(15)21(28)4-2-5-21/h3,6-10,24H,2,4-5,11H2,1H3,(H,25,27). The van der Waals surface area contributed by atoms with E-state index in [0.29, 0.717) is 12.8 Å². The lowest BCUT2D eigenvalue weighted by Crippen LogP contribution is -2.57. The van der Waals surface area contributed by atoms with E-state index in [1.165, 1.54) is 41.8 Å². The van der Waals surface area contributed by atoms with Crippen molar-refractivity contribution in [1.82, 2.24) is 19.6 Å². The van der Waals surface area contributed by atoms with Crippen LogP contribution in [0.5, 0.6) is 17.6 Å². The second-order valence-electron chi connectivity index (χ2n) is 7.56. The number of anilines is 1. The first-order chi connectivity index (χ1) is 16.0. The van der Waals surface area contributed by atoms with Crippen LogP contribution in [0.4, 0.5) is 19.4 Å². The summed E-state index contributed by atoms with van der Waals surface area (Å²) in [5.41, 5.74) is -0.439. The summed E-state index contributed by atoms with van der Waals surface area (Å²) >= 11 is 1.06. The third kappa shape index (κ3) is 3.74. The van der Waals surface area contributed by atoms with Crippen LogP contribution in [0.1, 0.15) is 30.4 Å². The Hall–Kier alpha value is -3.38. The van der Waals surface area contributed by atoms with Crippen molar-refractivity contribution in [1.29, 1.82) is 0 Å². The molecular weight excluding hydrogens is 456 g/mol. The average Bonchev–Trinajstić information content (AvgIpc) is 3.26. The summed E-state index contributed by atoms with van der Waals surface area (Å²) in [6.07, 6.45) is 5.25. The average molecular weight is 475 g/mol. The summed E-state index contributed by atoms with van der Waals surface area (Å²) in [5.74, 6) is -1.000. The molecule has 3 aromatic rings. The number of carbonyl (C=O) groups excluding carboxylic acids is 1. The number of fused-ring (bicyclic) bond motifs is 2. The molecule has 1 saturated carbocycles. The highest BCUT2D eigenvalue weighted by Crippen LogP contribution is 2.54. The maximum atomic E-state index is 15.3. The Morgan fingerprint density at radius 3 is 2.82 bits per heavy atom. The lowest BCUT2D eigenvalue weighted by atomic mass is 9.69. The van der Waals surface area contributed by atoms with Crippen LogP contribution in [0, 0.1) is 11.6 Å². The maximum absolute atomic E-state index is 15.3. The fraction of sp³-hybridized carbons (Fsp3) is 0.286. The molecule has 33 heavy (non-hydrogen) atoms. The van der Waals surface area contributed by atoms with Crippen molar-refractivity contribution < 1.29 is 27.5 Å². The Kier molecular flexibility index (Phi) is 5.54. The predicted octanol–water partition coefficient (Wildman–Crippen LogP) is 4.73. The zero-order chi connectivity index (χ0) is 23.0. The molecule has 0 unspecified atom stereocenters. The smallest absolute Gasteiger partial charge is 0.416 e. The molecule has 172 valence electrons. The SMILES string of the molecule is CNSNc1nccc(CN2C(=O)Oc3cc(Oc4ncco4)cc(F)c3C23CCC3)c1F. The number of carbonyl (C=O) groups is 1. The largest absolute Gasteiger partial charge is 0.417 e. The molecule has 1 aliphatic carbocycles. The number of nitrogens with zero attached hydrogens (tertiary/aromatic N) is 3. The van der Waals surface area contributed by atoms with E-state index in [9.17, 15) is 4.79 Å². The molecule has 1 spiro atoms. The van der Waals surface area contributed by atoms with Gasteiger partial charge in [0.25, 0.3) is 0 Å². The van der Waals surface area contributed by atoms with Crippen LogP contribution in [0.2, 0.25) is 0 Å². The van der Waals surface area contributed by atoms with Gasteiger partial charge in [0, 0.05) is 36.0 Å². The maximum Gasteiger partial charge on any atom is 0.416 e. The Labute approximate surface area is 191 Å². The minimum atomic E-state index is -0.931. The van der Waals surface area contributed by atoms with E-state index in [1.807, 2.05) is 0 Å². The normalized spacial score (nSPS) is 16.2. The van der Waals surface area contributed by atoms with Crippen molar-refractivity contribution >= 4 is 24.0 Å². The van der Waals surface area contributed by atoms with Gasteiger partial charge in [-0.3, -0.25) is 9.62 Å². The van der Waals surface area contributed by atoms with Gasteiger partial charge in [-0.15, -0.1) is 0 Å². The quantitative estimate of drug-likeness (QED) is 0.470. The molecule has 1 aromatic carbocycles. The molecule has 9 nitrogen and oxygen atoms in total. The topological polar surface area (TPSA) is 102 Å². The highest BCUT2D eigenvalue weighted by atomic mass is 32.2. The van der Waals surface area contributed by atoms with Gasteiger partial charge in [0.05, 0.1) is 23.8 Å². The first-order valence-electron chi connectivity index (χ1n) is 10.1. The van der Waals surface area contributed by atoms with E-state index in [-0.39, 0.29) is 41.1 Å². The van der Waals surface area contributed by atoms with Gasteiger partial charge >= 0.3 is 12.2 Å². The lowest BCUT2D eigenvalue weighted by molar-refractivity contribution is -0.00182. The van der Waals surface area contributed by atoms with Crippen molar-refractivity contribution in [3.63, 3.8) is 0 Å². The number of halogens is 2. The first-order valence-corrected chi connectivity index (χ1v) is 11.0. The molecule has 2 aromatic heterocycles. The molecule has 12 heteroatoms. The number of pyridine rings is 1. The van der Waals surface area contributed by atoms with Crippen LogP contribution in [0.25, 0.3) is 0 Å². The number of oxazole rings is 1. The number of hydrogen-bond donors (Lipinski definition) is 2. The van der Waals surface area contributed by atoms with E-state index < -0.39 is 23.3 Å². The summed E-state index contributed by atoms with van der Waals surface area (Å²) in [7, 11) is 1.68. The fourth-order valence-electron chi connectivity index (χ4n) is 4.16. The predicted molar refractivity (Wildman–Crippen MR) is 115 cm³/mol. The summed E-state index contributed by atoms with van der Waals surface area (Å²) < 4.78 is 51.8. The van der Waals surface area contributed by atoms with Crippen LogP contribution in [0.3, 0.4) is 0 Å². The molecule has 1 fully saturated rings. The summed E-state index contributed by atoms with van der Waals surface area (Å²) in [6.45, 7) is -0.0977. The zero-order valence-corrected chi connectivity index (χ0v) is 18.2. The van der Waals surface area contributed by atoms with E-state index in [0.717, 1.165) is 18.6 Å². The highest BCUT2D eigenvalue weighted by Gasteiger charge is 2.53. The molecule has 5 rings (SSSR count). The number of aromatic nitrogens is 2. The Balaban J connectivity index is 1.48. The molecule has 1 aliphatic heterocycles. The number of rotatable bonds is 7. The molecule has 0 saturated heterocycles. The molecule has 2 N–H and O–H groups in total. The Bertz CT molecular complexity index is 1190. The fourth-order valence-corrected chi connectivity index (χ4v) is 4.50. The Morgan fingerprint density at radius 1 is 1.27 bits per heavy atom. The number of nitrogens with one attached hydrogen (secondary N) is 2. The second-order valence-corrected chi connectivity index (χ2v) is 8.37. The first kappa shape index (κ1) is 21.5. The van der Waals surface area contributed by atoms with E-state index in [2.05, 4.69) is 19.4 Å². The van der Waals surface area contributed by atoms with E-state index in [4.69, 9.17) is 13.9 Å².